The van der Waals surface area contributed by atoms with Gasteiger partial charge in [0, 0.05) is 25.9 Å². The number of rotatable bonds is 8. The molecular weight excluding hydrogens is 318 g/mol. The Balaban J connectivity index is 1.42. The van der Waals surface area contributed by atoms with Crippen molar-refractivity contribution in [1.29, 1.82) is 0 Å². The number of hydrogen-bond donors (Lipinski definition) is 0. The number of ether oxygens (including phenoxy) is 1. The second-order valence-electron chi connectivity index (χ2n) is 6.41. The molecule has 0 aliphatic carbocycles. The highest BCUT2D eigenvalue weighted by Gasteiger charge is 2.30. The molecule has 0 N–H and O–H groups in total. The predicted octanol–water partition coefficient (Wildman–Crippen LogP) is 2.94. The van der Waals surface area contributed by atoms with Crippen LogP contribution >= 0.6 is 0 Å². The molecule has 25 heavy (non-hydrogen) atoms. The molecule has 1 unspecified atom stereocenters. The Morgan fingerprint density at radius 3 is 3.00 bits per heavy atom. The maximum atomic E-state index is 12.0. The summed E-state index contributed by atoms with van der Waals surface area (Å²) in [6.07, 6.45) is 3.01. The molecule has 1 aliphatic rings. The maximum Gasteiger partial charge on any atom is 0.231 e. The van der Waals surface area contributed by atoms with Gasteiger partial charge in [-0.3, -0.25) is 4.79 Å². The Kier molecular flexibility index (Phi) is 6.17. The summed E-state index contributed by atoms with van der Waals surface area (Å²) in [5, 5.41) is 4.04. The van der Waals surface area contributed by atoms with Gasteiger partial charge in [0.25, 0.3) is 0 Å². The first-order chi connectivity index (χ1) is 12.3. The molecule has 1 aromatic heterocycles. The van der Waals surface area contributed by atoms with Crippen LogP contribution in [0.5, 0.6) is 0 Å². The third-order valence-electron chi connectivity index (χ3n) is 4.42. The van der Waals surface area contributed by atoms with E-state index in [1.54, 1.807) is 0 Å². The van der Waals surface area contributed by atoms with Crippen LogP contribution in [0.2, 0.25) is 0 Å². The molecule has 1 saturated heterocycles. The van der Waals surface area contributed by atoms with Gasteiger partial charge in [0.05, 0.1) is 19.1 Å². The number of carbonyl (C=O) groups is 1. The fourth-order valence-corrected chi connectivity index (χ4v) is 3.02. The van der Waals surface area contributed by atoms with Crippen LogP contribution in [-0.2, 0) is 22.6 Å². The van der Waals surface area contributed by atoms with Crippen LogP contribution in [0.3, 0.4) is 0 Å². The SMILES string of the molecule is CCCC(=O)N1CCC(c2nc(CCOCc3ccccc3)no2)C1. The van der Waals surface area contributed by atoms with E-state index >= 15 is 0 Å². The summed E-state index contributed by atoms with van der Waals surface area (Å²) in [6, 6.07) is 10.1. The van der Waals surface area contributed by atoms with Crippen LogP contribution in [0.25, 0.3) is 0 Å². The Labute approximate surface area is 148 Å². The first-order valence-electron chi connectivity index (χ1n) is 8.98. The predicted molar refractivity (Wildman–Crippen MR) is 92.9 cm³/mol. The smallest absolute Gasteiger partial charge is 0.231 e. The van der Waals surface area contributed by atoms with Crippen molar-refractivity contribution < 1.29 is 14.1 Å². The zero-order chi connectivity index (χ0) is 17.5. The van der Waals surface area contributed by atoms with Crippen molar-refractivity contribution in [1.82, 2.24) is 15.0 Å². The molecule has 1 aliphatic heterocycles. The van der Waals surface area contributed by atoms with Gasteiger partial charge in [-0.2, -0.15) is 4.98 Å². The fourth-order valence-electron chi connectivity index (χ4n) is 3.02. The summed E-state index contributed by atoms with van der Waals surface area (Å²) in [4.78, 5) is 18.3. The Bertz CT molecular complexity index is 672. The minimum Gasteiger partial charge on any atom is -0.376 e. The summed E-state index contributed by atoms with van der Waals surface area (Å²) in [6.45, 7) is 4.63. The van der Waals surface area contributed by atoms with E-state index in [0.29, 0.717) is 44.3 Å². The largest absolute Gasteiger partial charge is 0.376 e. The minimum atomic E-state index is 0.160. The molecule has 134 valence electrons. The number of nitrogens with zero attached hydrogens (tertiary/aromatic N) is 3. The van der Waals surface area contributed by atoms with E-state index in [4.69, 9.17) is 9.26 Å². The van der Waals surface area contributed by atoms with Gasteiger partial charge in [0.15, 0.2) is 5.82 Å². The van der Waals surface area contributed by atoms with Crippen LogP contribution in [0, 0.1) is 0 Å². The highest BCUT2D eigenvalue weighted by Crippen LogP contribution is 2.26. The summed E-state index contributed by atoms with van der Waals surface area (Å²) in [5.74, 6) is 1.69. The number of carbonyl (C=O) groups excluding carboxylic acids is 1. The van der Waals surface area contributed by atoms with Gasteiger partial charge in [0.2, 0.25) is 11.8 Å². The molecule has 1 amide bonds. The lowest BCUT2D eigenvalue weighted by Crippen LogP contribution is -2.27. The third kappa shape index (κ3) is 4.89. The lowest BCUT2D eigenvalue weighted by atomic mass is 10.1. The van der Waals surface area contributed by atoms with E-state index in [1.807, 2.05) is 42.2 Å². The summed E-state index contributed by atoms with van der Waals surface area (Å²) in [7, 11) is 0. The lowest BCUT2D eigenvalue weighted by Gasteiger charge is -2.14. The average molecular weight is 343 g/mol. The second kappa shape index (κ2) is 8.76. The van der Waals surface area contributed by atoms with Gasteiger partial charge in [-0.05, 0) is 18.4 Å². The number of aromatic nitrogens is 2. The number of amides is 1. The summed E-state index contributed by atoms with van der Waals surface area (Å²) < 4.78 is 11.1. The van der Waals surface area contributed by atoms with Gasteiger partial charge in [-0.15, -0.1) is 0 Å². The average Bonchev–Trinajstić information content (AvgIpc) is 3.29. The van der Waals surface area contributed by atoms with Crippen molar-refractivity contribution in [3.8, 4) is 0 Å². The molecule has 1 fully saturated rings. The van der Waals surface area contributed by atoms with Gasteiger partial charge < -0.3 is 14.2 Å². The zero-order valence-corrected chi connectivity index (χ0v) is 14.7. The molecule has 2 heterocycles. The van der Waals surface area contributed by atoms with Crippen molar-refractivity contribution in [2.24, 2.45) is 0 Å². The van der Waals surface area contributed by atoms with Crippen molar-refractivity contribution in [2.45, 2.75) is 45.1 Å². The molecule has 0 spiro atoms. The molecule has 6 heteroatoms. The standard InChI is InChI=1S/C19H25N3O3/c1-2-6-18(23)22-11-9-16(13-22)19-20-17(21-25-19)10-12-24-14-15-7-4-3-5-8-15/h3-5,7-8,16H,2,6,9-14H2,1H3. The normalized spacial score (nSPS) is 17.2. The third-order valence-corrected chi connectivity index (χ3v) is 4.42. The topological polar surface area (TPSA) is 68.5 Å². The summed E-state index contributed by atoms with van der Waals surface area (Å²) >= 11 is 0. The van der Waals surface area contributed by atoms with Crippen molar-refractivity contribution in [3.05, 3.63) is 47.6 Å². The number of benzene rings is 1. The maximum absolute atomic E-state index is 12.0. The van der Waals surface area contributed by atoms with Gasteiger partial charge in [-0.25, -0.2) is 0 Å². The van der Waals surface area contributed by atoms with E-state index in [1.165, 1.54) is 0 Å². The van der Waals surface area contributed by atoms with Crippen LogP contribution in [0.15, 0.2) is 34.9 Å². The van der Waals surface area contributed by atoms with Gasteiger partial charge in [0.1, 0.15) is 0 Å². The highest BCUT2D eigenvalue weighted by molar-refractivity contribution is 5.76. The van der Waals surface area contributed by atoms with E-state index in [2.05, 4.69) is 10.1 Å². The van der Waals surface area contributed by atoms with E-state index in [-0.39, 0.29) is 11.8 Å². The summed E-state index contributed by atoms with van der Waals surface area (Å²) in [5.41, 5.74) is 1.15. The van der Waals surface area contributed by atoms with Crippen molar-refractivity contribution in [2.75, 3.05) is 19.7 Å². The number of hydrogen-bond acceptors (Lipinski definition) is 5. The molecule has 0 bridgehead atoms. The van der Waals surface area contributed by atoms with Gasteiger partial charge >= 0.3 is 0 Å². The van der Waals surface area contributed by atoms with E-state index < -0.39 is 0 Å². The van der Waals surface area contributed by atoms with E-state index in [0.717, 1.165) is 24.9 Å². The van der Waals surface area contributed by atoms with E-state index in [9.17, 15) is 4.79 Å². The first-order valence-corrected chi connectivity index (χ1v) is 8.98. The molecule has 1 atom stereocenters. The quantitative estimate of drug-likeness (QED) is 0.689. The Hall–Kier alpha value is -2.21. The monoisotopic (exact) mass is 343 g/mol. The molecule has 0 radical (unpaired) electrons. The molecule has 3 rings (SSSR count). The molecule has 1 aromatic carbocycles. The van der Waals surface area contributed by atoms with Crippen molar-refractivity contribution >= 4 is 5.91 Å². The fraction of sp³-hybridized carbons (Fsp3) is 0.526. The zero-order valence-electron chi connectivity index (χ0n) is 14.7. The number of likely N-dealkylation sites (tertiary alicyclic amines) is 1. The molecular formula is C19H25N3O3. The van der Waals surface area contributed by atoms with Crippen LogP contribution < -0.4 is 0 Å². The Morgan fingerprint density at radius 1 is 1.36 bits per heavy atom. The van der Waals surface area contributed by atoms with Crippen LogP contribution in [-0.4, -0.2) is 40.6 Å². The Morgan fingerprint density at radius 2 is 2.20 bits per heavy atom. The van der Waals surface area contributed by atoms with Crippen molar-refractivity contribution in [3.63, 3.8) is 0 Å². The molecule has 6 nitrogen and oxygen atoms in total. The van der Waals surface area contributed by atoms with Crippen LogP contribution in [0.4, 0.5) is 0 Å². The minimum absolute atomic E-state index is 0.160. The van der Waals surface area contributed by atoms with Crippen LogP contribution in [0.1, 0.15) is 49.4 Å². The second-order valence-corrected chi connectivity index (χ2v) is 6.41. The molecule has 0 saturated carbocycles. The lowest BCUT2D eigenvalue weighted by molar-refractivity contribution is -0.130. The van der Waals surface area contributed by atoms with Gasteiger partial charge in [-0.1, -0.05) is 42.4 Å². The highest BCUT2D eigenvalue weighted by atomic mass is 16.5. The first kappa shape index (κ1) is 17.6. The molecule has 2 aromatic rings.